The standard InChI is InChI=1S/C14H18ClNO4S/c1-11(2)20-8-9-21(18,19)16-14-6-5-13(15)10-12(14)4-3-7-17/h5-6,10-11,16-17H,7-9H2,1-2H3. The van der Waals surface area contributed by atoms with Gasteiger partial charge in [0.15, 0.2) is 0 Å². The SMILES string of the molecule is CC(C)OCCS(=O)(=O)Nc1ccc(Cl)cc1C#CCO. The lowest BCUT2D eigenvalue weighted by Crippen LogP contribution is -2.22. The van der Waals surface area contributed by atoms with Crippen LogP contribution in [0, 0.1) is 11.8 Å². The van der Waals surface area contributed by atoms with Crippen LogP contribution < -0.4 is 4.72 Å². The van der Waals surface area contributed by atoms with Crippen LogP contribution in [0.3, 0.4) is 0 Å². The van der Waals surface area contributed by atoms with Crippen LogP contribution in [-0.2, 0) is 14.8 Å². The van der Waals surface area contributed by atoms with Crippen LogP contribution in [0.4, 0.5) is 5.69 Å². The van der Waals surface area contributed by atoms with Gasteiger partial charge in [0.2, 0.25) is 10.0 Å². The van der Waals surface area contributed by atoms with Crippen molar-refractivity contribution in [2.75, 3.05) is 23.7 Å². The lowest BCUT2D eigenvalue weighted by Gasteiger charge is -2.11. The molecule has 21 heavy (non-hydrogen) atoms. The molecule has 0 fully saturated rings. The van der Waals surface area contributed by atoms with Gasteiger partial charge in [0.25, 0.3) is 0 Å². The maximum atomic E-state index is 12.0. The molecule has 0 aromatic heterocycles. The second-order valence-corrected chi connectivity index (χ2v) is 6.77. The molecule has 0 radical (unpaired) electrons. The zero-order chi connectivity index (χ0) is 15.9. The topological polar surface area (TPSA) is 75.6 Å². The Morgan fingerprint density at radius 3 is 2.76 bits per heavy atom. The molecule has 1 rings (SSSR count). The van der Waals surface area contributed by atoms with E-state index >= 15 is 0 Å². The van der Waals surface area contributed by atoms with Crippen molar-refractivity contribution >= 4 is 27.3 Å². The number of hydrogen-bond acceptors (Lipinski definition) is 4. The third-order valence-corrected chi connectivity index (χ3v) is 3.82. The normalized spacial score (nSPS) is 11.1. The molecule has 0 saturated carbocycles. The van der Waals surface area contributed by atoms with Gasteiger partial charge in [-0.2, -0.15) is 0 Å². The van der Waals surface area contributed by atoms with Crippen LogP contribution in [0.25, 0.3) is 0 Å². The molecule has 0 amide bonds. The fraction of sp³-hybridized carbons (Fsp3) is 0.429. The van der Waals surface area contributed by atoms with Gasteiger partial charge < -0.3 is 9.84 Å². The number of sulfonamides is 1. The number of aliphatic hydroxyl groups excluding tert-OH is 1. The molecule has 0 bridgehead atoms. The number of anilines is 1. The van der Waals surface area contributed by atoms with Crippen LogP contribution in [-0.4, -0.2) is 38.6 Å². The molecule has 0 aliphatic heterocycles. The van der Waals surface area contributed by atoms with Gasteiger partial charge in [0, 0.05) is 5.02 Å². The van der Waals surface area contributed by atoms with Crippen molar-refractivity contribution in [3.05, 3.63) is 28.8 Å². The van der Waals surface area contributed by atoms with Gasteiger partial charge in [-0.3, -0.25) is 4.72 Å². The molecule has 7 heteroatoms. The van der Waals surface area contributed by atoms with E-state index in [1.54, 1.807) is 6.07 Å². The quantitative estimate of drug-likeness (QED) is 0.780. The average Bonchev–Trinajstić information content (AvgIpc) is 2.38. The van der Waals surface area contributed by atoms with Gasteiger partial charge in [0.05, 0.1) is 29.7 Å². The molecule has 0 unspecified atom stereocenters. The highest BCUT2D eigenvalue weighted by atomic mass is 35.5. The van der Waals surface area contributed by atoms with E-state index in [-0.39, 0.29) is 25.1 Å². The molecule has 116 valence electrons. The van der Waals surface area contributed by atoms with Crippen molar-refractivity contribution in [2.24, 2.45) is 0 Å². The lowest BCUT2D eigenvalue weighted by molar-refractivity contribution is 0.0913. The molecule has 0 atom stereocenters. The summed E-state index contributed by atoms with van der Waals surface area (Å²) in [5.74, 6) is 4.97. The second kappa shape index (κ2) is 8.25. The van der Waals surface area contributed by atoms with E-state index in [4.69, 9.17) is 21.4 Å². The zero-order valence-corrected chi connectivity index (χ0v) is 13.5. The van der Waals surface area contributed by atoms with Gasteiger partial charge in [-0.15, -0.1) is 0 Å². The van der Waals surface area contributed by atoms with Crippen molar-refractivity contribution in [3.8, 4) is 11.8 Å². The molecule has 0 aliphatic rings. The Morgan fingerprint density at radius 2 is 2.14 bits per heavy atom. The Labute approximate surface area is 130 Å². The maximum Gasteiger partial charge on any atom is 0.235 e. The van der Waals surface area contributed by atoms with Crippen molar-refractivity contribution in [1.29, 1.82) is 0 Å². The highest BCUT2D eigenvalue weighted by Gasteiger charge is 2.13. The van der Waals surface area contributed by atoms with Gasteiger partial charge in [0.1, 0.15) is 6.61 Å². The summed E-state index contributed by atoms with van der Waals surface area (Å²) in [5.41, 5.74) is 0.731. The molecule has 5 nitrogen and oxygen atoms in total. The second-order valence-electron chi connectivity index (χ2n) is 4.49. The van der Waals surface area contributed by atoms with E-state index in [9.17, 15) is 8.42 Å². The minimum atomic E-state index is -3.54. The van der Waals surface area contributed by atoms with E-state index in [0.29, 0.717) is 16.3 Å². The molecule has 0 saturated heterocycles. The van der Waals surface area contributed by atoms with E-state index in [0.717, 1.165) is 0 Å². The summed E-state index contributed by atoms with van der Waals surface area (Å²) >= 11 is 5.86. The van der Waals surface area contributed by atoms with Gasteiger partial charge in [-0.25, -0.2) is 8.42 Å². The predicted octanol–water partition coefficient (Wildman–Crippen LogP) is 1.85. The number of rotatable bonds is 6. The van der Waals surface area contributed by atoms with E-state index in [1.807, 2.05) is 13.8 Å². The molecule has 2 N–H and O–H groups in total. The summed E-state index contributed by atoms with van der Waals surface area (Å²) in [6.45, 7) is 3.46. The molecule has 0 spiro atoms. The van der Waals surface area contributed by atoms with Crippen LogP contribution in [0.5, 0.6) is 0 Å². The summed E-state index contributed by atoms with van der Waals surface area (Å²) in [6, 6.07) is 4.63. The maximum absolute atomic E-state index is 12.0. The fourth-order valence-electron chi connectivity index (χ4n) is 1.46. The largest absolute Gasteiger partial charge is 0.384 e. The molecular weight excluding hydrogens is 314 g/mol. The number of hydrogen-bond donors (Lipinski definition) is 2. The van der Waals surface area contributed by atoms with E-state index in [2.05, 4.69) is 16.6 Å². The highest BCUT2D eigenvalue weighted by molar-refractivity contribution is 7.92. The Morgan fingerprint density at radius 1 is 1.43 bits per heavy atom. The van der Waals surface area contributed by atoms with Gasteiger partial charge >= 0.3 is 0 Å². The number of halogens is 1. The average molecular weight is 332 g/mol. The van der Waals surface area contributed by atoms with Crippen LogP contribution >= 0.6 is 11.6 Å². The molecule has 1 aromatic carbocycles. The zero-order valence-electron chi connectivity index (χ0n) is 11.9. The summed E-state index contributed by atoms with van der Waals surface area (Å²) in [5, 5.41) is 9.16. The third kappa shape index (κ3) is 6.82. The van der Waals surface area contributed by atoms with Crippen LogP contribution in [0.15, 0.2) is 18.2 Å². The first kappa shape index (κ1) is 17.8. The Bertz CT molecular complexity index is 632. The number of aliphatic hydroxyl groups is 1. The third-order valence-electron chi connectivity index (χ3n) is 2.35. The van der Waals surface area contributed by atoms with Gasteiger partial charge in [-0.05, 0) is 32.0 Å². The number of nitrogens with one attached hydrogen (secondary N) is 1. The molecular formula is C14H18ClNO4S. The monoisotopic (exact) mass is 331 g/mol. The molecule has 0 heterocycles. The lowest BCUT2D eigenvalue weighted by atomic mass is 10.2. The number of benzene rings is 1. The Hall–Kier alpha value is -1.26. The van der Waals surface area contributed by atoms with Gasteiger partial charge in [-0.1, -0.05) is 23.4 Å². The summed E-state index contributed by atoms with van der Waals surface area (Å²) in [6.07, 6.45) is -0.0262. The van der Waals surface area contributed by atoms with E-state index < -0.39 is 10.0 Å². The fourth-order valence-corrected chi connectivity index (χ4v) is 2.56. The van der Waals surface area contributed by atoms with Crippen molar-refractivity contribution < 1.29 is 18.3 Å². The minimum absolute atomic E-state index is 0.0262. The minimum Gasteiger partial charge on any atom is -0.384 e. The van der Waals surface area contributed by atoms with Crippen molar-refractivity contribution in [3.63, 3.8) is 0 Å². The van der Waals surface area contributed by atoms with Crippen molar-refractivity contribution in [1.82, 2.24) is 0 Å². The van der Waals surface area contributed by atoms with Crippen LogP contribution in [0.1, 0.15) is 19.4 Å². The smallest absolute Gasteiger partial charge is 0.235 e. The Kier molecular flexibility index (Phi) is 6.99. The molecule has 0 aliphatic carbocycles. The first-order valence-electron chi connectivity index (χ1n) is 6.35. The first-order chi connectivity index (χ1) is 9.84. The number of ether oxygens (including phenoxy) is 1. The van der Waals surface area contributed by atoms with Crippen LogP contribution in [0.2, 0.25) is 5.02 Å². The summed E-state index contributed by atoms with van der Waals surface area (Å²) < 4.78 is 31.6. The van der Waals surface area contributed by atoms with Crippen molar-refractivity contribution in [2.45, 2.75) is 20.0 Å². The molecule has 1 aromatic rings. The highest BCUT2D eigenvalue weighted by Crippen LogP contribution is 2.21. The van der Waals surface area contributed by atoms with E-state index in [1.165, 1.54) is 12.1 Å². The summed E-state index contributed by atoms with van der Waals surface area (Å²) in [7, 11) is -3.54. The summed E-state index contributed by atoms with van der Waals surface area (Å²) in [4.78, 5) is 0. The Balaban J connectivity index is 2.86. The predicted molar refractivity (Wildman–Crippen MR) is 83.9 cm³/mol. The first-order valence-corrected chi connectivity index (χ1v) is 8.38.